The number of aromatic nitrogens is 1. The molecule has 1 aromatic carbocycles. The zero-order chi connectivity index (χ0) is 42.3. The minimum absolute atomic E-state index is 0.0136. The van der Waals surface area contributed by atoms with E-state index in [1.54, 1.807) is 11.3 Å². The second-order valence-electron chi connectivity index (χ2n) is 18.5. The van der Waals surface area contributed by atoms with Gasteiger partial charge >= 0.3 is 6.09 Å². The zero-order valence-electron chi connectivity index (χ0n) is 35.3. The maximum atomic E-state index is 14.0. The van der Waals surface area contributed by atoms with Crippen molar-refractivity contribution in [2.24, 2.45) is 29.1 Å². The van der Waals surface area contributed by atoms with E-state index >= 15 is 0 Å². The number of benzene rings is 1. The molecule has 11 atom stereocenters. The first-order valence-electron chi connectivity index (χ1n) is 21.1. The predicted molar refractivity (Wildman–Crippen MR) is 217 cm³/mol. The largest absolute Gasteiger partial charge is 0.449 e. The number of rotatable bonds is 12. The van der Waals surface area contributed by atoms with Gasteiger partial charge in [0.25, 0.3) is 0 Å². The molecular formula is C43H61N5O10S. The van der Waals surface area contributed by atoms with Gasteiger partial charge in [-0.1, -0.05) is 58.9 Å². The lowest BCUT2D eigenvalue weighted by atomic mass is 9.57. The normalized spacial score (nSPS) is 33.1. The van der Waals surface area contributed by atoms with Gasteiger partial charge in [-0.25, -0.2) is 19.6 Å². The van der Waals surface area contributed by atoms with Crippen molar-refractivity contribution in [1.82, 2.24) is 25.8 Å². The van der Waals surface area contributed by atoms with E-state index in [0.717, 1.165) is 47.4 Å². The van der Waals surface area contributed by atoms with Crippen LogP contribution in [0.3, 0.4) is 0 Å². The Hall–Kier alpha value is -3.67. The van der Waals surface area contributed by atoms with Crippen molar-refractivity contribution in [1.29, 1.82) is 0 Å². The first-order chi connectivity index (χ1) is 28.0. The Balaban J connectivity index is 0.864. The molecule has 4 N–H and O–H groups in total. The molecule has 5 saturated heterocycles. The third-order valence-corrected chi connectivity index (χ3v) is 14.2. The smallest absolute Gasteiger partial charge is 0.407 e. The summed E-state index contributed by atoms with van der Waals surface area (Å²) in [6.45, 7) is 14.1. The van der Waals surface area contributed by atoms with Crippen LogP contribution in [0, 0.1) is 36.0 Å². The molecule has 1 aliphatic carbocycles. The van der Waals surface area contributed by atoms with Gasteiger partial charge in [-0.15, -0.1) is 11.3 Å². The first kappa shape index (κ1) is 43.4. The molecule has 0 radical (unpaired) electrons. The molecule has 6 aliphatic rings. The number of carbonyl (C=O) groups is 4. The number of β-amino-alcohol motifs (C(OH)–C–C–N with tert-alkyl or cyclic N) is 1. The number of aliphatic hydroxyl groups is 1. The molecule has 6 fully saturated rings. The number of aliphatic hydroxyl groups excluding tert-OH is 1. The third kappa shape index (κ3) is 9.03. The molecule has 2 bridgehead atoms. The van der Waals surface area contributed by atoms with Crippen molar-refractivity contribution in [3.8, 4) is 10.4 Å². The molecule has 8 rings (SSSR count). The Morgan fingerprint density at radius 3 is 2.54 bits per heavy atom. The molecule has 2 aromatic rings. The van der Waals surface area contributed by atoms with Crippen LogP contribution < -0.4 is 16.0 Å². The molecule has 324 valence electrons. The maximum absolute atomic E-state index is 14.0. The molecule has 11 unspecified atom stereocenters. The fourth-order valence-corrected chi connectivity index (χ4v) is 10.7. The van der Waals surface area contributed by atoms with Crippen LogP contribution in [0.2, 0.25) is 0 Å². The van der Waals surface area contributed by atoms with Gasteiger partial charge in [0, 0.05) is 51.2 Å². The number of hydrogen-bond donors (Lipinski definition) is 4. The van der Waals surface area contributed by atoms with Crippen molar-refractivity contribution in [2.75, 3.05) is 19.7 Å². The van der Waals surface area contributed by atoms with Crippen molar-refractivity contribution < 1.29 is 48.3 Å². The highest BCUT2D eigenvalue weighted by molar-refractivity contribution is 7.13. The molecule has 1 aromatic heterocycles. The van der Waals surface area contributed by atoms with E-state index in [2.05, 4.69) is 34.8 Å². The van der Waals surface area contributed by atoms with Gasteiger partial charge in [0.15, 0.2) is 11.9 Å². The summed E-state index contributed by atoms with van der Waals surface area (Å²) < 4.78 is 18.5. The highest BCUT2D eigenvalue weighted by Gasteiger charge is 2.69. The average molecular weight is 840 g/mol. The average Bonchev–Trinajstić information content (AvgIpc) is 3.73. The molecule has 4 amide bonds. The predicted octanol–water partition coefficient (Wildman–Crippen LogP) is 4.98. The van der Waals surface area contributed by atoms with E-state index in [4.69, 9.17) is 24.0 Å². The highest BCUT2D eigenvalue weighted by Crippen LogP contribution is 2.60. The molecule has 1 spiro atoms. The number of likely N-dealkylation sites (tertiary alicyclic amines) is 1. The Labute approximate surface area is 350 Å². The Bertz CT molecular complexity index is 1850. The molecule has 6 heterocycles. The minimum Gasteiger partial charge on any atom is -0.449 e. The summed E-state index contributed by atoms with van der Waals surface area (Å²) in [5.41, 5.74) is 3.33. The number of fused-ring (bicyclic) bond motifs is 2. The number of carbonyl (C=O) groups excluding carboxylic acids is 4. The van der Waals surface area contributed by atoms with E-state index in [9.17, 15) is 24.3 Å². The maximum Gasteiger partial charge on any atom is 0.407 e. The number of thiazole rings is 1. The second-order valence-corrected chi connectivity index (χ2v) is 19.3. The zero-order valence-corrected chi connectivity index (χ0v) is 36.1. The number of aryl methyl sites for hydroxylation is 1. The van der Waals surface area contributed by atoms with Gasteiger partial charge < -0.3 is 40.2 Å². The second kappa shape index (κ2) is 17.4. The number of nitrogens with zero attached hydrogens (tertiary/aromatic N) is 2. The summed E-state index contributed by atoms with van der Waals surface area (Å²) >= 11 is 1.57. The standard InChI is InChI=1S/C43H61N5O10S/c1-24-8-13-31-25(2)33(55-39-43(31)30(24)14-17-42(7,56-39)57-58-43)16-19-54-40(53)44-18-15-34(50)47-36(41(4,5)6)38(52)48-22-29(49)20-32(48)37(51)45-21-27-9-11-28(12-10-27)35-26(3)46-23-59-35/h9-12,23-25,29-33,36,39,49H,8,13-22H2,1-7H3,(H,44,53)(H,45,51)(H,47,50). The van der Waals surface area contributed by atoms with Crippen LogP contribution in [0.1, 0.15) is 97.7 Å². The molecule has 59 heavy (non-hydrogen) atoms. The lowest BCUT2D eigenvalue weighted by Gasteiger charge is -2.60. The van der Waals surface area contributed by atoms with E-state index in [0.29, 0.717) is 12.3 Å². The fraction of sp³-hybridized carbons (Fsp3) is 0.698. The van der Waals surface area contributed by atoms with Crippen molar-refractivity contribution in [2.45, 2.75) is 142 Å². The van der Waals surface area contributed by atoms with E-state index in [1.165, 1.54) is 4.90 Å². The summed E-state index contributed by atoms with van der Waals surface area (Å²) in [6, 6.07) is 5.96. The molecule has 15 nitrogen and oxygen atoms in total. The van der Waals surface area contributed by atoms with Crippen LogP contribution in [0.15, 0.2) is 29.8 Å². The van der Waals surface area contributed by atoms with Gasteiger partial charge in [0.2, 0.25) is 23.5 Å². The van der Waals surface area contributed by atoms with Crippen molar-refractivity contribution >= 4 is 35.2 Å². The highest BCUT2D eigenvalue weighted by atomic mass is 32.1. The molecular weight excluding hydrogens is 779 g/mol. The van der Waals surface area contributed by atoms with Gasteiger partial charge in [-0.05, 0) is 67.4 Å². The van der Waals surface area contributed by atoms with Crippen LogP contribution in [0.5, 0.6) is 0 Å². The SMILES string of the molecule is Cc1ncsc1-c1ccc(CNC(=O)C2CC(O)CN2C(=O)C(NC(=O)CCNC(=O)OCCC2OC3OC4(C)CCC5C(C)CCC(C2C)C35OO4)C(C)(C)C)cc1. The van der Waals surface area contributed by atoms with Crippen LogP contribution in [0.4, 0.5) is 4.79 Å². The topological polar surface area (TPSA) is 187 Å². The third-order valence-electron chi connectivity index (χ3n) is 13.3. The number of alkyl carbamates (subject to hydrolysis) is 1. The monoisotopic (exact) mass is 839 g/mol. The number of amides is 4. The van der Waals surface area contributed by atoms with E-state index in [-0.39, 0.29) is 68.8 Å². The van der Waals surface area contributed by atoms with Crippen LogP contribution in [0.25, 0.3) is 10.4 Å². The lowest BCUT2D eigenvalue weighted by molar-refractivity contribution is -0.571. The van der Waals surface area contributed by atoms with Gasteiger partial charge in [0.1, 0.15) is 12.1 Å². The van der Waals surface area contributed by atoms with Crippen LogP contribution >= 0.6 is 11.3 Å². The van der Waals surface area contributed by atoms with E-state index < -0.39 is 59.2 Å². The quantitative estimate of drug-likeness (QED) is 0.211. The summed E-state index contributed by atoms with van der Waals surface area (Å²) in [5, 5.41) is 19.0. The van der Waals surface area contributed by atoms with Crippen molar-refractivity contribution in [3.05, 3.63) is 41.0 Å². The Kier molecular flexibility index (Phi) is 12.8. The van der Waals surface area contributed by atoms with Crippen LogP contribution in [-0.2, 0) is 44.9 Å². The van der Waals surface area contributed by atoms with Crippen LogP contribution in [-0.4, -0.2) is 100 Å². The Morgan fingerprint density at radius 2 is 1.83 bits per heavy atom. The fourth-order valence-electron chi connectivity index (χ4n) is 9.92. The molecule has 16 heteroatoms. The summed E-state index contributed by atoms with van der Waals surface area (Å²) in [6.07, 6.45) is 1.90. The Morgan fingerprint density at radius 1 is 1.07 bits per heavy atom. The number of nitrogens with one attached hydrogen (secondary N) is 3. The number of ether oxygens (including phenoxy) is 3. The molecule has 1 saturated carbocycles. The summed E-state index contributed by atoms with van der Waals surface area (Å²) in [5.74, 6) is -1.12. The van der Waals surface area contributed by atoms with Gasteiger partial charge in [0.05, 0.1) is 34.9 Å². The number of hydrogen-bond acceptors (Lipinski definition) is 12. The minimum atomic E-state index is -0.989. The van der Waals surface area contributed by atoms with Gasteiger partial charge in [-0.3, -0.25) is 14.4 Å². The lowest BCUT2D eigenvalue weighted by Crippen LogP contribution is -2.70. The first-order valence-corrected chi connectivity index (χ1v) is 22.0. The van der Waals surface area contributed by atoms with Gasteiger partial charge in [-0.2, -0.15) is 0 Å². The van der Waals surface area contributed by atoms with Crippen molar-refractivity contribution in [3.63, 3.8) is 0 Å². The molecule has 5 aliphatic heterocycles. The summed E-state index contributed by atoms with van der Waals surface area (Å²) in [7, 11) is 0. The summed E-state index contributed by atoms with van der Waals surface area (Å²) in [4.78, 5) is 72.2. The van der Waals surface area contributed by atoms with E-state index in [1.807, 2.05) is 64.4 Å².